The van der Waals surface area contributed by atoms with E-state index in [4.69, 9.17) is 10.1 Å². The standard InChI is InChI=1S/C7H7N3O3S/c8-10-9-7-4-2-1-3-6(7)5-14(11,12)13/h1-4H,5H2,(H,11,12,13). The van der Waals surface area contributed by atoms with Gasteiger partial charge in [0.15, 0.2) is 0 Å². The van der Waals surface area contributed by atoms with Gasteiger partial charge >= 0.3 is 0 Å². The first-order valence-electron chi connectivity index (χ1n) is 3.61. The van der Waals surface area contributed by atoms with Gasteiger partial charge in [-0.05, 0) is 11.1 Å². The summed E-state index contributed by atoms with van der Waals surface area (Å²) in [4.78, 5) is 2.55. The molecule has 0 saturated carbocycles. The van der Waals surface area contributed by atoms with E-state index in [9.17, 15) is 8.42 Å². The SMILES string of the molecule is [N-]=[N+]=Nc1ccccc1CS(=O)(=O)O. The van der Waals surface area contributed by atoms with E-state index in [0.717, 1.165) is 0 Å². The molecule has 6 nitrogen and oxygen atoms in total. The topological polar surface area (TPSA) is 103 Å². The summed E-state index contributed by atoms with van der Waals surface area (Å²) in [7, 11) is -4.10. The molecule has 0 heterocycles. The third-order valence-electron chi connectivity index (χ3n) is 1.48. The van der Waals surface area contributed by atoms with Crippen LogP contribution in [0.3, 0.4) is 0 Å². The molecule has 1 aromatic carbocycles. The van der Waals surface area contributed by atoms with Crippen molar-refractivity contribution in [3.8, 4) is 0 Å². The average Bonchev–Trinajstić information content (AvgIpc) is 2.06. The molecule has 0 fully saturated rings. The van der Waals surface area contributed by atoms with Gasteiger partial charge in [0.2, 0.25) is 0 Å². The lowest BCUT2D eigenvalue weighted by atomic mass is 10.2. The summed E-state index contributed by atoms with van der Waals surface area (Å²) in [5, 5.41) is 3.30. The summed E-state index contributed by atoms with van der Waals surface area (Å²) in [6.07, 6.45) is 0. The highest BCUT2D eigenvalue weighted by Gasteiger charge is 2.09. The van der Waals surface area contributed by atoms with Crippen LogP contribution in [0.15, 0.2) is 29.4 Å². The van der Waals surface area contributed by atoms with Crippen LogP contribution in [-0.4, -0.2) is 13.0 Å². The van der Waals surface area contributed by atoms with Crippen molar-refractivity contribution in [2.75, 3.05) is 0 Å². The zero-order valence-corrected chi connectivity index (χ0v) is 7.85. The molecule has 0 aliphatic heterocycles. The summed E-state index contributed by atoms with van der Waals surface area (Å²) in [5.41, 5.74) is 8.66. The molecule has 0 bridgehead atoms. The summed E-state index contributed by atoms with van der Waals surface area (Å²) in [5.74, 6) is -0.553. The molecule has 0 amide bonds. The lowest BCUT2D eigenvalue weighted by Crippen LogP contribution is -2.01. The Kier molecular flexibility index (Phi) is 3.08. The van der Waals surface area contributed by atoms with Gasteiger partial charge < -0.3 is 0 Å². The largest absolute Gasteiger partial charge is 0.285 e. The van der Waals surface area contributed by atoms with Crippen molar-refractivity contribution < 1.29 is 13.0 Å². The van der Waals surface area contributed by atoms with Crippen LogP contribution in [0, 0.1) is 0 Å². The first kappa shape index (κ1) is 10.5. The Morgan fingerprint density at radius 3 is 2.64 bits per heavy atom. The van der Waals surface area contributed by atoms with Crippen molar-refractivity contribution in [3.05, 3.63) is 40.3 Å². The lowest BCUT2D eigenvalue weighted by molar-refractivity contribution is 0.482. The van der Waals surface area contributed by atoms with Gasteiger partial charge in [-0.15, -0.1) is 0 Å². The van der Waals surface area contributed by atoms with Crippen LogP contribution >= 0.6 is 0 Å². The van der Waals surface area contributed by atoms with Crippen LogP contribution in [-0.2, 0) is 15.9 Å². The highest BCUT2D eigenvalue weighted by molar-refractivity contribution is 7.85. The zero-order valence-electron chi connectivity index (χ0n) is 7.03. The van der Waals surface area contributed by atoms with E-state index >= 15 is 0 Å². The number of nitrogens with zero attached hydrogens (tertiary/aromatic N) is 3. The Morgan fingerprint density at radius 1 is 1.43 bits per heavy atom. The maximum absolute atomic E-state index is 10.6. The van der Waals surface area contributed by atoms with Gasteiger partial charge in [-0.2, -0.15) is 8.42 Å². The second kappa shape index (κ2) is 4.10. The minimum atomic E-state index is -4.10. The highest BCUT2D eigenvalue weighted by Crippen LogP contribution is 2.20. The molecule has 0 unspecified atom stereocenters. The van der Waals surface area contributed by atoms with E-state index in [2.05, 4.69) is 10.0 Å². The van der Waals surface area contributed by atoms with Crippen LogP contribution in [0.1, 0.15) is 5.56 Å². The van der Waals surface area contributed by atoms with Crippen LogP contribution in [0.5, 0.6) is 0 Å². The second-order valence-corrected chi connectivity index (χ2v) is 4.00. The predicted molar refractivity (Wildman–Crippen MR) is 50.5 cm³/mol. The van der Waals surface area contributed by atoms with Crippen LogP contribution < -0.4 is 0 Å². The molecule has 0 aliphatic carbocycles. The minimum absolute atomic E-state index is 0.202. The number of hydrogen-bond acceptors (Lipinski definition) is 3. The molecule has 1 rings (SSSR count). The van der Waals surface area contributed by atoms with Crippen molar-refractivity contribution in [1.82, 2.24) is 0 Å². The van der Waals surface area contributed by atoms with Crippen molar-refractivity contribution in [2.45, 2.75) is 5.75 Å². The van der Waals surface area contributed by atoms with Gasteiger partial charge in [0.1, 0.15) is 5.75 Å². The molecule has 0 aromatic heterocycles. The molecule has 14 heavy (non-hydrogen) atoms. The molecule has 7 heteroatoms. The molecule has 0 radical (unpaired) electrons. The van der Waals surface area contributed by atoms with Gasteiger partial charge in [-0.1, -0.05) is 29.4 Å². The van der Waals surface area contributed by atoms with Crippen LogP contribution in [0.25, 0.3) is 10.4 Å². The minimum Gasteiger partial charge on any atom is -0.285 e. The monoisotopic (exact) mass is 213 g/mol. The van der Waals surface area contributed by atoms with Gasteiger partial charge in [0, 0.05) is 10.6 Å². The third kappa shape index (κ3) is 3.06. The molecule has 0 saturated heterocycles. The van der Waals surface area contributed by atoms with Crippen molar-refractivity contribution >= 4 is 15.8 Å². The number of benzene rings is 1. The van der Waals surface area contributed by atoms with Gasteiger partial charge in [0.25, 0.3) is 10.1 Å². The van der Waals surface area contributed by atoms with Crippen molar-refractivity contribution in [1.29, 1.82) is 0 Å². The summed E-state index contributed by atoms with van der Waals surface area (Å²) in [6, 6.07) is 6.15. The Hall–Kier alpha value is -1.56. The Balaban J connectivity index is 3.14. The first-order valence-corrected chi connectivity index (χ1v) is 5.22. The number of hydrogen-bond donors (Lipinski definition) is 1. The normalized spacial score (nSPS) is 10.6. The van der Waals surface area contributed by atoms with E-state index in [0.29, 0.717) is 0 Å². The Bertz CT molecular complexity index is 477. The molecule has 74 valence electrons. The third-order valence-corrected chi connectivity index (χ3v) is 2.16. The van der Waals surface area contributed by atoms with Crippen molar-refractivity contribution in [2.24, 2.45) is 5.11 Å². The summed E-state index contributed by atoms with van der Waals surface area (Å²) < 4.78 is 29.8. The fraction of sp³-hybridized carbons (Fsp3) is 0.143. The molecular formula is C7H7N3O3S. The van der Waals surface area contributed by atoms with Crippen LogP contribution in [0.2, 0.25) is 0 Å². The van der Waals surface area contributed by atoms with E-state index in [1.54, 1.807) is 12.1 Å². The summed E-state index contributed by atoms with van der Waals surface area (Å²) in [6.45, 7) is 0. The molecule has 1 aromatic rings. The Labute approximate surface area is 80.6 Å². The van der Waals surface area contributed by atoms with Crippen molar-refractivity contribution in [3.63, 3.8) is 0 Å². The molecule has 1 N–H and O–H groups in total. The number of rotatable bonds is 3. The summed E-state index contributed by atoms with van der Waals surface area (Å²) >= 11 is 0. The molecule has 0 spiro atoms. The number of azide groups is 1. The average molecular weight is 213 g/mol. The Morgan fingerprint density at radius 2 is 2.07 bits per heavy atom. The van der Waals surface area contributed by atoms with Gasteiger partial charge in [0.05, 0.1) is 0 Å². The van der Waals surface area contributed by atoms with E-state index < -0.39 is 15.9 Å². The van der Waals surface area contributed by atoms with E-state index in [1.807, 2.05) is 0 Å². The maximum Gasteiger partial charge on any atom is 0.269 e. The zero-order chi connectivity index (χ0) is 10.6. The quantitative estimate of drug-likeness (QED) is 0.359. The molecular weight excluding hydrogens is 206 g/mol. The molecule has 0 aliphatic rings. The second-order valence-electron chi connectivity index (χ2n) is 2.54. The fourth-order valence-electron chi connectivity index (χ4n) is 0.975. The van der Waals surface area contributed by atoms with Gasteiger partial charge in [-0.3, -0.25) is 4.55 Å². The first-order chi connectivity index (χ1) is 6.53. The maximum atomic E-state index is 10.6. The lowest BCUT2D eigenvalue weighted by Gasteiger charge is -2.01. The van der Waals surface area contributed by atoms with E-state index in [-0.39, 0.29) is 11.3 Å². The predicted octanol–water partition coefficient (Wildman–Crippen LogP) is 2.02. The van der Waals surface area contributed by atoms with Crippen LogP contribution in [0.4, 0.5) is 5.69 Å². The molecule has 0 atom stereocenters. The van der Waals surface area contributed by atoms with Gasteiger partial charge in [-0.25, -0.2) is 0 Å². The van der Waals surface area contributed by atoms with E-state index in [1.165, 1.54) is 12.1 Å². The smallest absolute Gasteiger partial charge is 0.269 e. The fourth-order valence-corrected chi connectivity index (χ4v) is 1.61. The highest BCUT2D eigenvalue weighted by atomic mass is 32.2.